The first-order chi connectivity index (χ1) is 12.0. The topological polar surface area (TPSA) is 49.8 Å². The molecule has 0 aliphatic rings. The van der Waals surface area contributed by atoms with Gasteiger partial charge < -0.3 is 15.0 Å². The van der Waals surface area contributed by atoms with Gasteiger partial charge in [0.1, 0.15) is 12.4 Å². The van der Waals surface area contributed by atoms with E-state index in [1.165, 1.54) is 4.88 Å². The molecule has 0 aliphatic heterocycles. The van der Waals surface area contributed by atoms with Gasteiger partial charge in [0, 0.05) is 37.0 Å². The quantitative estimate of drug-likeness (QED) is 0.347. The van der Waals surface area contributed by atoms with Crippen molar-refractivity contribution in [2.75, 3.05) is 33.8 Å². The number of guanidine groups is 1. The van der Waals surface area contributed by atoms with Crippen molar-refractivity contribution in [2.24, 2.45) is 4.99 Å². The predicted molar refractivity (Wildman–Crippen MR) is 122 cm³/mol. The third-order valence-corrected chi connectivity index (χ3v) is 5.10. The fraction of sp³-hybridized carbons (Fsp3) is 0.444. The van der Waals surface area contributed by atoms with E-state index in [2.05, 4.69) is 27.1 Å². The van der Waals surface area contributed by atoms with Crippen LogP contribution in [0.3, 0.4) is 0 Å². The lowest BCUT2D eigenvalue weighted by Gasteiger charge is -2.22. The molecule has 1 aromatic heterocycles. The summed E-state index contributed by atoms with van der Waals surface area (Å²) in [5.41, 5.74) is 1.13. The predicted octanol–water partition coefficient (Wildman–Crippen LogP) is 4.16. The van der Waals surface area contributed by atoms with Crippen LogP contribution in [0.15, 0.2) is 29.3 Å². The van der Waals surface area contributed by atoms with E-state index in [1.54, 1.807) is 18.4 Å². The van der Waals surface area contributed by atoms with Gasteiger partial charge in [-0.2, -0.15) is 0 Å². The zero-order valence-corrected chi connectivity index (χ0v) is 19.5. The van der Waals surface area contributed by atoms with Crippen molar-refractivity contribution in [3.8, 4) is 5.75 Å². The molecule has 2 rings (SSSR count). The van der Waals surface area contributed by atoms with Crippen molar-refractivity contribution >= 4 is 52.9 Å². The van der Waals surface area contributed by atoms with Crippen molar-refractivity contribution in [3.63, 3.8) is 0 Å². The number of aromatic nitrogens is 1. The number of aryl methyl sites for hydroxylation is 2. The lowest BCUT2D eigenvalue weighted by Crippen LogP contribution is -2.41. The van der Waals surface area contributed by atoms with Gasteiger partial charge in [0.05, 0.1) is 17.2 Å². The smallest absolute Gasteiger partial charge is 0.193 e. The minimum Gasteiger partial charge on any atom is -0.492 e. The van der Waals surface area contributed by atoms with Gasteiger partial charge in [0.2, 0.25) is 0 Å². The molecule has 1 N–H and O–H groups in total. The van der Waals surface area contributed by atoms with Crippen LogP contribution in [0.4, 0.5) is 0 Å². The van der Waals surface area contributed by atoms with E-state index in [0.717, 1.165) is 41.9 Å². The normalized spacial score (nSPS) is 11.0. The Kier molecular flexibility index (Phi) is 10.3. The molecular weight excluding hydrogens is 483 g/mol. The zero-order valence-electron chi connectivity index (χ0n) is 15.6. The van der Waals surface area contributed by atoms with Crippen LogP contribution in [0.2, 0.25) is 5.02 Å². The van der Waals surface area contributed by atoms with E-state index in [1.807, 2.05) is 38.2 Å². The lowest BCUT2D eigenvalue weighted by atomic mass is 10.3. The number of hydrogen-bond donors (Lipinski definition) is 1. The van der Waals surface area contributed by atoms with Crippen LogP contribution >= 0.6 is 46.9 Å². The number of nitrogens with zero attached hydrogens (tertiary/aromatic N) is 3. The summed E-state index contributed by atoms with van der Waals surface area (Å²) in [5, 5.41) is 5.22. The number of benzene rings is 1. The number of likely N-dealkylation sites (N-methyl/N-ethyl adjacent to an activating group) is 1. The third-order valence-electron chi connectivity index (χ3n) is 3.72. The maximum absolute atomic E-state index is 5.87. The standard InChI is InChI=1S/C18H25ClN4OS.HI/c1-13-17(25-14(2)22-13)9-10-21-18(20-3)23(4)11-12-24-16-7-5-15(19)6-8-16;/h5-8H,9-12H2,1-4H3,(H,20,21);1H. The molecule has 0 atom stereocenters. The molecular formula is C18H26ClIN4OS. The molecule has 0 radical (unpaired) electrons. The summed E-state index contributed by atoms with van der Waals surface area (Å²) in [4.78, 5) is 12.2. The molecule has 1 aromatic carbocycles. The Hall–Kier alpha value is -1.06. The fourth-order valence-corrected chi connectivity index (χ4v) is 3.48. The summed E-state index contributed by atoms with van der Waals surface area (Å²) < 4.78 is 5.73. The molecule has 0 aliphatic carbocycles. The molecule has 0 fully saturated rings. The highest BCUT2D eigenvalue weighted by Gasteiger charge is 2.08. The van der Waals surface area contributed by atoms with Gasteiger partial charge in [-0.25, -0.2) is 4.98 Å². The van der Waals surface area contributed by atoms with Gasteiger partial charge in [-0.05, 0) is 38.1 Å². The first kappa shape index (κ1) is 23.0. The van der Waals surface area contributed by atoms with Crippen LogP contribution in [-0.2, 0) is 6.42 Å². The highest BCUT2D eigenvalue weighted by Crippen LogP contribution is 2.17. The highest BCUT2D eigenvalue weighted by molar-refractivity contribution is 14.0. The summed E-state index contributed by atoms with van der Waals surface area (Å²) >= 11 is 7.63. The van der Waals surface area contributed by atoms with E-state index >= 15 is 0 Å². The summed E-state index contributed by atoms with van der Waals surface area (Å²) in [6.45, 7) is 6.25. The molecule has 0 amide bonds. The van der Waals surface area contributed by atoms with Crippen LogP contribution in [0, 0.1) is 13.8 Å². The number of hydrogen-bond acceptors (Lipinski definition) is 4. The largest absolute Gasteiger partial charge is 0.492 e. The van der Waals surface area contributed by atoms with Crippen molar-refractivity contribution in [1.29, 1.82) is 0 Å². The molecule has 1 heterocycles. The van der Waals surface area contributed by atoms with Gasteiger partial charge >= 0.3 is 0 Å². The van der Waals surface area contributed by atoms with Gasteiger partial charge in [-0.3, -0.25) is 4.99 Å². The summed E-state index contributed by atoms with van der Waals surface area (Å²) in [6, 6.07) is 7.39. The van der Waals surface area contributed by atoms with Crippen molar-refractivity contribution in [1.82, 2.24) is 15.2 Å². The number of ether oxygens (including phenoxy) is 1. The second-order valence-electron chi connectivity index (χ2n) is 5.69. The number of halogens is 2. The Morgan fingerprint density at radius 1 is 1.31 bits per heavy atom. The molecule has 0 bridgehead atoms. The molecule has 2 aromatic rings. The zero-order chi connectivity index (χ0) is 18.2. The molecule has 0 spiro atoms. The minimum absolute atomic E-state index is 0. The van der Waals surface area contributed by atoms with Crippen LogP contribution in [0.1, 0.15) is 15.6 Å². The van der Waals surface area contributed by atoms with E-state index in [9.17, 15) is 0 Å². The number of rotatable bonds is 7. The summed E-state index contributed by atoms with van der Waals surface area (Å²) in [5.74, 6) is 1.68. The maximum atomic E-state index is 5.87. The first-order valence-corrected chi connectivity index (χ1v) is 9.42. The van der Waals surface area contributed by atoms with Gasteiger partial charge in [0.25, 0.3) is 0 Å². The van der Waals surface area contributed by atoms with E-state index in [0.29, 0.717) is 11.6 Å². The number of aliphatic imine (C=N–C) groups is 1. The molecule has 0 saturated carbocycles. The average molecular weight is 509 g/mol. The van der Waals surface area contributed by atoms with Gasteiger partial charge in [-0.15, -0.1) is 35.3 Å². The van der Waals surface area contributed by atoms with Crippen LogP contribution < -0.4 is 10.1 Å². The van der Waals surface area contributed by atoms with Crippen molar-refractivity contribution < 1.29 is 4.74 Å². The number of thiazole rings is 1. The monoisotopic (exact) mass is 508 g/mol. The Labute approximate surface area is 181 Å². The van der Waals surface area contributed by atoms with Crippen LogP contribution in [0.5, 0.6) is 5.75 Å². The van der Waals surface area contributed by atoms with Gasteiger partial charge in [0.15, 0.2) is 5.96 Å². The molecule has 0 unspecified atom stereocenters. The van der Waals surface area contributed by atoms with Gasteiger partial charge in [-0.1, -0.05) is 11.6 Å². The second-order valence-corrected chi connectivity index (χ2v) is 7.41. The lowest BCUT2D eigenvalue weighted by molar-refractivity contribution is 0.281. The molecule has 0 saturated heterocycles. The second kappa shape index (κ2) is 11.6. The van der Waals surface area contributed by atoms with Crippen molar-refractivity contribution in [3.05, 3.63) is 44.9 Å². The first-order valence-electron chi connectivity index (χ1n) is 8.22. The highest BCUT2D eigenvalue weighted by atomic mass is 127. The summed E-state index contributed by atoms with van der Waals surface area (Å²) in [7, 11) is 3.80. The fourth-order valence-electron chi connectivity index (χ4n) is 2.42. The number of nitrogens with one attached hydrogen (secondary N) is 1. The van der Waals surface area contributed by atoms with Crippen LogP contribution in [0.25, 0.3) is 0 Å². The van der Waals surface area contributed by atoms with E-state index in [-0.39, 0.29) is 24.0 Å². The maximum Gasteiger partial charge on any atom is 0.193 e. The Morgan fingerprint density at radius 3 is 2.58 bits per heavy atom. The molecule has 144 valence electrons. The van der Waals surface area contributed by atoms with Crippen molar-refractivity contribution in [2.45, 2.75) is 20.3 Å². The Morgan fingerprint density at radius 2 is 2.00 bits per heavy atom. The third kappa shape index (κ3) is 7.28. The molecule has 5 nitrogen and oxygen atoms in total. The van der Waals surface area contributed by atoms with E-state index in [4.69, 9.17) is 16.3 Å². The SMILES string of the molecule is CN=C(NCCc1sc(C)nc1C)N(C)CCOc1ccc(Cl)cc1.I. The molecule has 8 heteroatoms. The van der Waals surface area contributed by atoms with E-state index < -0.39 is 0 Å². The Balaban J connectivity index is 0.00000338. The van der Waals surface area contributed by atoms with Crippen LogP contribution in [-0.4, -0.2) is 49.6 Å². The average Bonchev–Trinajstić information content (AvgIpc) is 2.91. The minimum atomic E-state index is 0. The Bertz CT molecular complexity index is 706. The molecule has 26 heavy (non-hydrogen) atoms. The summed E-state index contributed by atoms with van der Waals surface area (Å²) in [6.07, 6.45) is 0.950.